The van der Waals surface area contributed by atoms with Crippen LogP contribution in [0.5, 0.6) is 0 Å². The van der Waals surface area contributed by atoms with Crippen LogP contribution in [-0.4, -0.2) is 205 Å². The molecule has 71 heavy (non-hydrogen) atoms. The van der Waals surface area contributed by atoms with E-state index >= 15 is 0 Å². The van der Waals surface area contributed by atoms with E-state index in [9.17, 15) is 51.1 Å². The number of allylic oxidation sites excluding steroid dienone is 1. The summed E-state index contributed by atoms with van der Waals surface area (Å²) in [5, 5.41) is 109. The van der Waals surface area contributed by atoms with Crippen molar-refractivity contribution in [2.45, 2.75) is 247 Å². The lowest BCUT2D eigenvalue weighted by molar-refractivity contribution is -0.391. The minimum Gasteiger partial charge on any atom is -0.388 e. The molecule has 6 aliphatic heterocycles. The van der Waals surface area contributed by atoms with Crippen molar-refractivity contribution in [3.8, 4) is 0 Å². The highest BCUT2D eigenvalue weighted by atomic mass is 16.8. The molecule has 10 aliphatic rings. The Hall–Kier alpha value is -1.06. The number of rotatable bonds is 9. The van der Waals surface area contributed by atoms with Gasteiger partial charge in [0.1, 0.15) is 79.4 Å². The zero-order valence-corrected chi connectivity index (χ0v) is 42.1. The number of ether oxygens (including phenoxy) is 10. The molecule has 6 heterocycles. The fourth-order valence-electron chi connectivity index (χ4n) is 15.3. The summed E-state index contributed by atoms with van der Waals surface area (Å²) in [6.45, 7) is 14.3. The molecule has 3 saturated carbocycles. The molecule has 406 valence electrons. The van der Waals surface area contributed by atoms with Gasteiger partial charge in [0.25, 0.3) is 0 Å². The normalized spacial score (nSPS) is 58.4. The van der Waals surface area contributed by atoms with Crippen LogP contribution in [0.2, 0.25) is 0 Å². The first-order chi connectivity index (χ1) is 33.6. The lowest BCUT2D eigenvalue weighted by Gasteiger charge is -2.58. The Morgan fingerprint density at radius 2 is 1.18 bits per heavy atom. The number of hydrogen-bond donors (Lipinski definition) is 10. The van der Waals surface area contributed by atoms with Crippen molar-refractivity contribution >= 4 is 0 Å². The van der Waals surface area contributed by atoms with E-state index in [1.807, 2.05) is 0 Å². The fourth-order valence-corrected chi connectivity index (χ4v) is 15.3. The number of aliphatic hydroxyl groups excluding tert-OH is 10. The molecule has 0 aromatic rings. The summed E-state index contributed by atoms with van der Waals surface area (Å²) in [4.78, 5) is 0. The monoisotopic (exact) mass is 1010 g/mol. The molecule has 10 N–H and O–H groups in total. The van der Waals surface area contributed by atoms with Crippen LogP contribution in [0.3, 0.4) is 0 Å². The molecule has 6 saturated heterocycles. The summed E-state index contributed by atoms with van der Waals surface area (Å²) in [6, 6.07) is 0. The van der Waals surface area contributed by atoms with E-state index in [1.54, 1.807) is 0 Å². The molecule has 20 nitrogen and oxygen atoms in total. The SMILES string of the molecule is C[C@@H]1CC[C@@]2(OC1)O[C@H]1C[C@H]3[C@@H]4CC=C5C[C@@H](O[C@H]6O[C@@H](CO[C@@H]7O[C@@H](C)[C@H](O)[C@@H](O)[C@H]7O[C@@H]7O[C@@H](C)[C@H](O)[C@@H](O)[C@H]7O[C@@H]7O[C@@H](C)[C@H](O)[C@@H](O)[C@H]7O)[C@H](O)[C@@H](O)[C@@H]6O)CC[C@]5(C)[C@@H]4CC[C@]3(C)[C@H]1[C@@H]2C. The van der Waals surface area contributed by atoms with Crippen LogP contribution >= 0.6 is 0 Å². The zero-order valence-electron chi connectivity index (χ0n) is 42.1. The summed E-state index contributed by atoms with van der Waals surface area (Å²) in [7, 11) is 0. The molecule has 0 unspecified atom stereocenters. The third-order valence-corrected chi connectivity index (χ3v) is 19.7. The van der Waals surface area contributed by atoms with E-state index < -0.39 is 135 Å². The molecule has 0 amide bonds. The molecule has 9 fully saturated rings. The van der Waals surface area contributed by atoms with Crippen LogP contribution in [0.15, 0.2) is 11.6 Å². The van der Waals surface area contributed by atoms with Crippen LogP contribution in [0.25, 0.3) is 0 Å². The van der Waals surface area contributed by atoms with Gasteiger partial charge in [-0.15, -0.1) is 0 Å². The van der Waals surface area contributed by atoms with Crippen LogP contribution in [0.1, 0.15) is 106 Å². The first-order valence-electron chi connectivity index (χ1n) is 26.6. The maximum Gasteiger partial charge on any atom is 0.187 e. The Balaban J connectivity index is 0.785. The van der Waals surface area contributed by atoms with Crippen molar-refractivity contribution in [1.82, 2.24) is 0 Å². The lowest BCUT2D eigenvalue weighted by atomic mass is 9.47. The Kier molecular flexibility index (Phi) is 15.1. The van der Waals surface area contributed by atoms with Crippen molar-refractivity contribution in [2.75, 3.05) is 13.2 Å². The van der Waals surface area contributed by atoms with Crippen molar-refractivity contribution in [2.24, 2.45) is 46.3 Å². The van der Waals surface area contributed by atoms with E-state index in [4.69, 9.17) is 47.4 Å². The highest BCUT2D eigenvalue weighted by Crippen LogP contribution is 2.70. The fraction of sp³-hybridized carbons (Fsp3) is 0.961. The Labute approximate surface area is 415 Å². The standard InChI is InChI=1S/C51H82O20/c1-20-10-15-51(63-18-20)21(2)32-30(71-51)17-29-27-9-8-25-16-26(11-13-49(25,6)28(27)12-14-50(29,32)7)67-46-42(61)38(57)36(55)31(68-46)19-62-47-43(39(58)34(53)23(4)65-47)70-48-44(40(59)35(54)24(5)66-48)69-45-41(60)37(56)33(52)22(3)64-45/h8,20-24,26-48,52-61H,9-19H2,1-7H3/t20-,21+,22+,23+,24+,26+,27-,28-,29+,30+,31+,32+,33+,34+,35+,36+,37-,38-,39-,40-,41-,42+,43-,44-,45+,46+,47-,48+,49+,50+,51-/m1/s1. The molecule has 4 aliphatic carbocycles. The van der Waals surface area contributed by atoms with E-state index in [1.165, 1.54) is 32.8 Å². The van der Waals surface area contributed by atoms with Gasteiger partial charge in [0.15, 0.2) is 30.9 Å². The molecular formula is C51H82O20. The summed E-state index contributed by atoms with van der Waals surface area (Å²) >= 11 is 0. The van der Waals surface area contributed by atoms with Crippen molar-refractivity contribution in [3.05, 3.63) is 11.6 Å². The molecule has 0 radical (unpaired) electrons. The third-order valence-electron chi connectivity index (χ3n) is 19.7. The molecular weight excluding hydrogens is 933 g/mol. The smallest absolute Gasteiger partial charge is 0.187 e. The van der Waals surface area contributed by atoms with Gasteiger partial charge in [-0.3, -0.25) is 0 Å². The minimum atomic E-state index is -1.79. The average Bonchev–Trinajstić information content (AvgIpc) is 3.79. The van der Waals surface area contributed by atoms with Gasteiger partial charge in [-0.25, -0.2) is 0 Å². The summed E-state index contributed by atoms with van der Waals surface area (Å²) < 4.78 is 61.7. The lowest BCUT2D eigenvalue weighted by Crippen LogP contribution is -2.66. The summed E-state index contributed by atoms with van der Waals surface area (Å²) in [6.07, 6.45) is -19.0. The van der Waals surface area contributed by atoms with Crippen LogP contribution in [0, 0.1) is 46.3 Å². The number of fused-ring (bicyclic) bond motifs is 7. The average molecular weight is 1020 g/mol. The summed E-state index contributed by atoms with van der Waals surface area (Å²) in [5.74, 6) is 2.62. The zero-order chi connectivity index (χ0) is 50.8. The van der Waals surface area contributed by atoms with E-state index in [0.717, 1.165) is 45.1 Å². The maximum atomic E-state index is 11.4. The second-order valence-electron chi connectivity index (χ2n) is 23.9. The summed E-state index contributed by atoms with van der Waals surface area (Å²) in [5.41, 5.74) is 1.54. The van der Waals surface area contributed by atoms with Crippen molar-refractivity contribution in [1.29, 1.82) is 0 Å². The van der Waals surface area contributed by atoms with Gasteiger partial charge in [0, 0.05) is 12.3 Å². The Bertz CT molecular complexity index is 1890. The first-order valence-corrected chi connectivity index (χ1v) is 26.6. The second-order valence-corrected chi connectivity index (χ2v) is 23.9. The molecule has 10 rings (SSSR count). The molecule has 1 spiro atoms. The van der Waals surface area contributed by atoms with Crippen LogP contribution in [0.4, 0.5) is 0 Å². The van der Waals surface area contributed by atoms with Crippen LogP contribution < -0.4 is 0 Å². The van der Waals surface area contributed by atoms with E-state index in [2.05, 4.69) is 33.8 Å². The van der Waals surface area contributed by atoms with Gasteiger partial charge in [-0.2, -0.15) is 0 Å². The van der Waals surface area contributed by atoms with Crippen molar-refractivity contribution in [3.63, 3.8) is 0 Å². The molecule has 31 atom stereocenters. The van der Waals surface area contributed by atoms with Crippen molar-refractivity contribution < 1.29 is 98.4 Å². The molecule has 0 bridgehead atoms. The minimum absolute atomic E-state index is 0.00951. The Morgan fingerprint density at radius 1 is 0.592 bits per heavy atom. The number of aliphatic hydroxyl groups is 10. The van der Waals surface area contributed by atoms with Crippen LogP contribution in [-0.2, 0) is 47.4 Å². The van der Waals surface area contributed by atoms with Gasteiger partial charge in [-0.05, 0) is 113 Å². The van der Waals surface area contributed by atoms with Gasteiger partial charge < -0.3 is 98.4 Å². The highest BCUT2D eigenvalue weighted by Gasteiger charge is 2.69. The van der Waals surface area contributed by atoms with Gasteiger partial charge in [0.2, 0.25) is 0 Å². The topological polar surface area (TPSA) is 295 Å². The first kappa shape index (κ1) is 53.3. The van der Waals surface area contributed by atoms with Gasteiger partial charge in [-0.1, -0.05) is 39.3 Å². The Morgan fingerprint density at radius 3 is 1.85 bits per heavy atom. The second kappa shape index (κ2) is 20.1. The molecule has 20 heteroatoms. The predicted molar refractivity (Wildman–Crippen MR) is 244 cm³/mol. The molecule has 0 aromatic carbocycles. The maximum absolute atomic E-state index is 11.4. The predicted octanol–water partition coefficient (Wildman–Crippen LogP) is 0.0935. The largest absolute Gasteiger partial charge is 0.388 e. The van der Waals surface area contributed by atoms with E-state index in [-0.39, 0.29) is 23.0 Å². The highest BCUT2D eigenvalue weighted by molar-refractivity contribution is 5.26. The number of hydrogen-bond acceptors (Lipinski definition) is 20. The molecule has 0 aromatic heterocycles. The third kappa shape index (κ3) is 9.13. The quantitative estimate of drug-likeness (QED) is 0.137. The van der Waals surface area contributed by atoms with Gasteiger partial charge >= 0.3 is 0 Å². The van der Waals surface area contributed by atoms with Gasteiger partial charge in [0.05, 0.1) is 43.7 Å². The van der Waals surface area contributed by atoms with E-state index in [0.29, 0.717) is 48.3 Å².